The van der Waals surface area contributed by atoms with Crippen molar-refractivity contribution in [1.29, 1.82) is 0 Å². The van der Waals surface area contributed by atoms with Gasteiger partial charge in [-0.15, -0.1) is 0 Å². The van der Waals surface area contributed by atoms with E-state index >= 15 is 0 Å². The molecule has 1 amide bonds. The zero-order chi connectivity index (χ0) is 20.1. The number of aromatic amines is 1. The van der Waals surface area contributed by atoms with Gasteiger partial charge >= 0.3 is 0 Å². The van der Waals surface area contributed by atoms with Crippen LogP contribution in [0.1, 0.15) is 5.56 Å². The molecule has 0 radical (unpaired) electrons. The van der Waals surface area contributed by atoms with E-state index < -0.39 is 0 Å². The molecule has 7 nitrogen and oxygen atoms in total. The molecule has 0 saturated heterocycles. The Hall–Kier alpha value is -3.13. The summed E-state index contributed by atoms with van der Waals surface area (Å²) >= 11 is 5.32. The summed E-state index contributed by atoms with van der Waals surface area (Å²) in [6, 6.07) is 15.1. The fourth-order valence-corrected chi connectivity index (χ4v) is 2.97. The van der Waals surface area contributed by atoms with Crippen LogP contribution in [-0.4, -0.2) is 46.8 Å². The second-order valence-electron chi connectivity index (χ2n) is 6.26. The minimum absolute atomic E-state index is 0.0666. The summed E-state index contributed by atoms with van der Waals surface area (Å²) in [5.74, 6) is 2.08. The lowest BCUT2D eigenvalue weighted by molar-refractivity contribution is -0.131. The zero-order valence-corrected chi connectivity index (χ0v) is 16.8. The van der Waals surface area contributed by atoms with Crippen LogP contribution in [0.3, 0.4) is 0 Å². The SMILES string of the molecule is COc1ccc(CN(C)C(=O)Cn2c(-c3ccc(OC)cc3)n[nH]c2=S)cc1. The lowest BCUT2D eigenvalue weighted by Gasteiger charge is -2.18. The summed E-state index contributed by atoms with van der Waals surface area (Å²) in [4.78, 5) is 14.4. The highest BCUT2D eigenvalue weighted by Gasteiger charge is 2.15. The Morgan fingerprint density at radius 2 is 1.64 bits per heavy atom. The van der Waals surface area contributed by atoms with Crippen molar-refractivity contribution < 1.29 is 14.3 Å². The predicted molar refractivity (Wildman–Crippen MR) is 109 cm³/mol. The number of aromatic nitrogens is 3. The first-order valence-corrected chi connectivity index (χ1v) is 9.09. The van der Waals surface area contributed by atoms with Crippen LogP contribution in [0.15, 0.2) is 48.5 Å². The minimum atomic E-state index is -0.0666. The molecule has 3 rings (SSSR count). The number of nitrogens with zero attached hydrogens (tertiary/aromatic N) is 3. The standard InChI is InChI=1S/C20H22N4O3S/c1-23(12-14-4-8-16(26-2)9-5-14)18(25)13-24-19(21-22-20(24)28)15-6-10-17(27-3)11-7-15/h4-11H,12-13H2,1-3H3,(H,22,28). The molecule has 28 heavy (non-hydrogen) atoms. The Morgan fingerprint density at radius 3 is 2.21 bits per heavy atom. The molecule has 3 aromatic rings. The number of hydrogen-bond acceptors (Lipinski definition) is 5. The van der Waals surface area contributed by atoms with Crippen LogP contribution < -0.4 is 9.47 Å². The third-order valence-corrected chi connectivity index (χ3v) is 4.72. The van der Waals surface area contributed by atoms with E-state index in [0.29, 0.717) is 17.1 Å². The van der Waals surface area contributed by atoms with Crippen molar-refractivity contribution >= 4 is 18.1 Å². The van der Waals surface area contributed by atoms with Crippen molar-refractivity contribution in [3.05, 3.63) is 58.9 Å². The van der Waals surface area contributed by atoms with Crippen LogP contribution in [0.25, 0.3) is 11.4 Å². The molecule has 0 aliphatic heterocycles. The first-order chi connectivity index (χ1) is 13.5. The molecule has 0 saturated carbocycles. The van der Waals surface area contributed by atoms with Crippen LogP contribution in [0, 0.1) is 4.77 Å². The van der Waals surface area contributed by atoms with Crippen molar-refractivity contribution in [2.75, 3.05) is 21.3 Å². The van der Waals surface area contributed by atoms with Crippen molar-refractivity contribution in [2.45, 2.75) is 13.1 Å². The van der Waals surface area contributed by atoms with Crippen molar-refractivity contribution in [3.63, 3.8) is 0 Å². The van der Waals surface area contributed by atoms with E-state index in [-0.39, 0.29) is 12.5 Å². The Bertz CT molecular complexity index is 994. The van der Waals surface area contributed by atoms with Gasteiger partial charge in [0, 0.05) is 19.2 Å². The summed E-state index contributed by atoms with van der Waals surface area (Å²) in [5.41, 5.74) is 1.86. The van der Waals surface area contributed by atoms with Crippen LogP contribution in [0.2, 0.25) is 0 Å². The van der Waals surface area contributed by atoms with Gasteiger partial charge in [-0.1, -0.05) is 12.1 Å². The number of H-pyrrole nitrogens is 1. The molecule has 146 valence electrons. The molecular formula is C20H22N4O3S. The van der Waals surface area contributed by atoms with Crippen molar-refractivity contribution in [2.24, 2.45) is 0 Å². The van der Waals surface area contributed by atoms with Gasteiger partial charge < -0.3 is 14.4 Å². The van der Waals surface area contributed by atoms with E-state index in [0.717, 1.165) is 22.6 Å². The zero-order valence-electron chi connectivity index (χ0n) is 16.0. The lowest BCUT2D eigenvalue weighted by Crippen LogP contribution is -2.30. The van der Waals surface area contributed by atoms with Crippen molar-refractivity contribution in [1.82, 2.24) is 19.7 Å². The smallest absolute Gasteiger partial charge is 0.242 e. The Balaban J connectivity index is 1.74. The molecule has 0 aliphatic rings. The number of nitrogens with one attached hydrogen (secondary N) is 1. The van der Waals surface area contributed by atoms with E-state index in [1.165, 1.54) is 0 Å². The molecular weight excluding hydrogens is 376 g/mol. The van der Waals surface area contributed by atoms with Gasteiger partial charge in [0.2, 0.25) is 5.91 Å². The van der Waals surface area contributed by atoms with E-state index in [2.05, 4.69) is 10.2 Å². The molecule has 8 heteroatoms. The van der Waals surface area contributed by atoms with Gasteiger partial charge in [-0.05, 0) is 54.2 Å². The molecule has 2 aromatic carbocycles. The number of carbonyl (C=O) groups excluding carboxylic acids is 1. The normalized spacial score (nSPS) is 10.5. The summed E-state index contributed by atoms with van der Waals surface area (Å²) < 4.78 is 12.4. The maximum Gasteiger partial charge on any atom is 0.242 e. The number of carbonyl (C=O) groups is 1. The first-order valence-electron chi connectivity index (χ1n) is 8.68. The van der Waals surface area contributed by atoms with Gasteiger partial charge in [0.05, 0.1) is 14.2 Å². The fraction of sp³-hybridized carbons (Fsp3) is 0.250. The molecule has 0 fully saturated rings. The van der Waals surface area contributed by atoms with Gasteiger partial charge in [0.15, 0.2) is 10.6 Å². The Labute approximate surface area is 168 Å². The molecule has 0 atom stereocenters. The van der Waals surface area contributed by atoms with E-state index in [9.17, 15) is 4.79 Å². The van der Waals surface area contributed by atoms with Gasteiger partial charge in [0.25, 0.3) is 0 Å². The monoisotopic (exact) mass is 398 g/mol. The third-order valence-electron chi connectivity index (χ3n) is 4.40. The highest BCUT2D eigenvalue weighted by molar-refractivity contribution is 7.71. The average molecular weight is 398 g/mol. The number of rotatable bonds is 7. The Kier molecular flexibility index (Phi) is 6.10. The molecule has 0 bridgehead atoms. The van der Waals surface area contributed by atoms with E-state index in [1.54, 1.807) is 30.7 Å². The third kappa shape index (κ3) is 4.40. The summed E-state index contributed by atoms with van der Waals surface area (Å²) in [6.07, 6.45) is 0. The fourth-order valence-electron chi connectivity index (χ4n) is 2.77. The number of benzene rings is 2. The lowest BCUT2D eigenvalue weighted by atomic mass is 10.2. The number of methoxy groups -OCH3 is 2. The topological polar surface area (TPSA) is 72.4 Å². The first kappa shape index (κ1) is 19.6. The molecule has 1 heterocycles. The molecule has 0 aliphatic carbocycles. The molecule has 0 spiro atoms. The summed E-state index contributed by atoms with van der Waals surface area (Å²) in [6.45, 7) is 0.592. The van der Waals surface area contributed by atoms with Crippen LogP contribution in [-0.2, 0) is 17.9 Å². The number of amides is 1. The minimum Gasteiger partial charge on any atom is -0.497 e. The maximum atomic E-state index is 12.7. The van der Waals surface area contributed by atoms with Crippen LogP contribution >= 0.6 is 12.2 Å². The molecule has 1 N–H and O–H groups in total. The van der Waals surface area contributed by atoms with Gasteiger partial charge in [0.1, 0.15) is 18.0 Å². The largest absolute Gasteiger partial charge is 0.497 e. The van der Waals surface area contributed by atoms with Crippen LogP contribution in [0.4, 0.5) is 0 Å². The molecule has 0 unspecified atom stereocenters. The summed E-state index contributed by atoms with van der Waals surface area (Å²) in [5, 5.41) is 7.05. The average Bonchev–Trinajstić information content (AvgIpc) is 3.08. The quantitative estimate of drug-likeness (QED) is 0.619. The number of ether oxygens (including phenoxy) is 2. The maximum absolute atomic E-state index is 12.7. The van der Waals surface area contributed by atoms with Crippen LogP contribution in [0.5, 0.6) is 11.5 Å². The van der Waals surface area contributed by atoms with E-state index in [1.807, 2.05) is 48.5 Å². The molecule has 1 aromatic heterocycles. The predicted octanol–water partition coefficient (Wildman–Crippen LogP) is 3.28. The van der Waals surface area contributed by atoms with E-state index in [4.69, 9.17) is 21.7 Å². The Morgan fingerprint density at radius 1 is 1.07 bits per heavy atom. The second-order valence-corrected chi connectivity index (χ2v) is 6.65. The second kappa shape index (κ2) is 8.71. The number of hydrogen-bond donors (Lipinski definition) is 1. The van der Waals surface area contributed by atoms with Gasteiger partial charge in [-0.25, -0.2) is 0 Å². The van der Waals surface area contributed by atoms with Gasteiger partial charge in [-0.2, -0.15) is 5.10 Å². The highest BCUT2D eigenvalue weighted by Crippen LogP contribution is 2.21. The highest BCUT2D eigenvalue weighted by atomic mass is 32.1. The number of likely N-dealkylation sites (N-methyl/N-ethyl adjacent to an activating group) is 1. The van der Waals surface area contributed by atoms with Gasteiger partial charge in [-0.3, -0.25) is 14.5 Å². The summed E-state index contributed by atoms with van der Waals surface area (Å²) in [7, 11) is 5.01. The van der Waals surface area contributed by atoms with Crippen molar-refractivity contribution in [3.8, 4) is 22.9 Å².